The summed E-state index contributed by atoms with van der Waals surface area (Å²) in [5.74, 6) is 0.515. The van der Waals surface area contributed by atoms with Crippen LogP contribution in [0.15, 0.2) is 0 Å². The lowest BCUT2D eigenvalue weighted by molar-refractivity contribution is 0.139. The maximum atomic E-state index is 9.55. The summed E-state index contributed by atoms with van der Waals surface area (Å²) in [6.45, 7) is 8.06. The molecular formula is C15H27N3O. The van der Waals surface area contributed by atoms with Crippen molar-refractivity contribution in [2.45, 2.75) is 44.6 Å². The van der Waals surface area contributed by atoms with E-state index in [0.29, 0.717) is 5.92 Å². The summed E-state index contributed by atoms with van der Waals surface area (Å²) in [6.07, 6.45) is 5.69. The van der Waals surface area contributed by atoms with Crippen molar-refractivity contribution >= 4 is 0 Å². The molecule has 0 aromatic rings. The van der Waals surface area contributed by atoms with E-state index < -0.39 is 0 Å². The van der Waals surface area contributed by atoms with E-state index in [2.05, 4.69) is 23.2 Å². The third-order valence-electron chi connectivity index (χ3n) is 4.62. The predicted molar refractivity (Wildman–Crippen MR) is 75.9 cm³/mol. The first-order valence-electron chi connectivity index (χ1n) is 7.77. The molecule has 1 aliphatic carbocycles. The standard InChI is InChI=1S/C15H27N3O/c1-2-17-15(13-16)7-3-5-14(15)6-9-18-8-4-11-19-12-10-18/h14,17H,2-12H2,1H3. The van der Waals surface area contributed by atoms with Crippen molar-refractivity contribution in [2.75, 3.05) is 39.4 Å². The van der Waals surface area contributed by atoms with Crippen LogP contribution in [0.25, 0.3) is 0 Å². The van der Waals surface area contributed by atoms with E-state index >= 15 is 0 Å². The molecule has 0 amide bonds. The van der Waals surface area contributed by atoms with Crippen LogP contribution in [0.4, 0.5) is 0 Å². The van der Waals surface area contributed by atoms with Crippen LogP contribution in [-0.4, -0.2) is 49.8 Å². The van der Waals surface area contributed by atoms with Crippen LogP contribution in [0.5, 0.6) is 0 Å². The van der Waals surface area contributed by atoms with Gasteiger partial charge in [0, 0.05) is 19.7 Å². The molecule has 1 N–H and O–H groups in total. The molecule has 2 unspecified atom stereocenters. The summed E-state index contributed by atoms with van der Waals surface area (Å²) < 4.78 is 5.49. The zero-order valence-corrected chi connectivity index (χ0v) is 12.2. The SMILES string of the molecule is CCNC1(C#N)CCCC1CCN1CCCOCC1. The van der Waals surface area contributed by atoms with Crippen LogP contribution in [-0.2, 0) is 4.74 Å². The van der Waals surface area contributed by atoms with Gasteiger partial charge in [-0.3, -0.25) is 5.32 Å². The van der Waals surface area contributed by atoms with Crippen LogP contribution in [0.2, 0.25) is 0 Å². The second-order valence-corrected chi connectivity index (χ2v) is 5.80. The molecule has 2 rings (SSSR count). The number of ether oxygens (including phenoxy) is 1. The fourth-order valence-electron chi connectivity index (χ4n) is 3.56. The first-order valence-corrected chi connectivity index (χ1v) is 7.77. The lowest BCUT2D eigenvalue weighted by Gasteiger charge is -2.31. The van der Waals surface area contributed by atoms with E-state index in [1.54, 1.807) is 0 Å². The molecule has 2 fully saturated rings. The van der Waals surface area contributed by atoms with E-state index in [9.17, 15) is 5.26 Å². The van der Waals surface area contributed by atoms with E-state index in [0.717, 1.165) is 58.7 Å². The number of nitrogens with one attached hydrogen (secondary N) is 1. The molecule has 1 aliphatic heterocycles. The van der Waals surface area contributed by atoms with Gasteiger partial charge in [-0.1, -0.05) is 13.3 Å². The van der Waals surface area contributed by atoms with Gasteiger partial charge in [-0.05, 0) is 44.7 Å². The number of hydrogen-bond acceptors (Lipinski definition) is 4. The van der Waals surface area contributed by atoms with Gasteiger partial charge in [0.25, 0.3) is 0 Å². The predicted octanol–water partition coefficient (Wildman–Crippen LogP) is 1.77. The quantitative estimate of drug-likeness (QED) is 0.823. The molecule has 2 atom stereocenters. The Morgan fingerprint density at radius 1 is 1.37 bits per heavy atom. The minimum absolute atomic E-state index is 0.253. The van der Waals surface area contributed by atoms with Crippen molar-refractivity contribution in [3.63, 3.8) is 0 Å². The van der Waals surface area contributed by atoms with Crippen molar-refractivity contribution in [3.8, 4) is 6.07 Å². The molecule has 108 valence electrons. The number of hydrogen-bond donors (Lipinski definition) is 1. The summed E-state index contributed by atoms with van der Waals surface area (Å²) in [5.41, 5.74) is -0.253. The first kappa shape index (κ1) is 14.8. The lowest BCUT2D eigenvalue weighted by Crippen LogP contribution is -2.47. The lowest BCUT2D eigenvalue weighted by atomic mass is 9.85. The summed E-state index contributed by atoms with van der Waals surface area (Å²) in [7, 11) is 0. The Balaban J connectivity index is 1.85. The fraction of sp³-hybridized carbons (Fsp3) is 0.933. The molecule has 2 aliphatic rings. The summed E-state index contributed by atoms with van der Waals surface area (Å²) in [6, 6.07) is 2.57. The number of rotatable bonds is 5. The minimum atomic E-state index is -0.253. The Hall–Kier alpha value is -0.630. The molecule has 1 saturated heterocycles. The van der Waals surface area contributed by atoms with Gasteiger partial charge in [0.2, 0.25) is 0 Å². The van der Waals surface area contributed by atoms with E-state index in [1.807, 2.05) is 0 Å². The van der Waals surface area contributed by atoms with Crippen molar-refractivity contribution in [3.05, 3.63) is 0 Å². The average molecular weight is 265 g/mol. The summed E-state index contributed by atoms with van der Waals surface area (Å²) >= 11 is 0. The van der Waals surface area contributed by atoms with Crippen LogP contribution in [0, 0.1) is 17.2 Å². The average Bonchev–Trinajstić information content (AvgIpc) is 2.65. The second kappa shape index (κ2) is 7.23. The monoisotopic (exact) mass is 265 g/mol. The molecule has 19 heavy (non-hydrogen) atoms. The normalized spacial score (nSPS) is 32.9. The highest BCUT2D eigenvalue weighted by Crippen LogP contribution is 2.37. The molecule has 0 radical (unpaired) electrons. The van der Waals surface area contributed by atoms with E-state index in [1.165, 1.54) is 12.8 Å². The highest BCUT2D eigenvalue weighted by molar-refractivity contribution is 5.14. The maximum absolute atomic E-state index is 9.55. The number of nitriles is 1. The second-order valence-electron chi connectivity index (χ2n) is 5.80. The van der Waals surface area contributed by atoms with Crippen LogP contribution in [0.3, 0.4) is 0 Å². The van der Waals surface area contributed by atoms with Crippen molar-refractivity contribution < 1.29 is 4.74 Å². The van der Waals surface area contributed by atoms with Crippen molar-refractivity contribution in [2.24, 2.45) is 5.92 Å². The molecular weight excluding hydrogens is 238 g/mol. The van der Waals surface area contributed by atoms with E-state index in [4.69, 9.17) is 4.74 Å². The fourth-order valence-corrected chi connectivity index (χ4v) is 3.56. The molecule has 0 bridgehead atoms. The van der Waals surface area contributed by atoms with Crippen LogP contribution < -0.4 is 5.32 Å². The van der Waals surface area contributed by atoms with Gasteiger partial charge in [0.05, 0.1) is 12.7 Å². The molecule has 1 heterocycles. The molecule has 4 heteroatoms. The summed E-state index contributed by atoms with van der Waals surface area (Å²) in [5, 5.41) is 13.0. The Bertz CT molecular complexity index is 307. The molecule has 4 nitrogen and oxygen atoms in total. The largest absolute Gasteiger partial charge is 0.380 e. The van der Waals surface area contributed by atoms with Gasteiger partial charge in [0.1, 0.15) is 5.54 Å². The Morgan fingerprint density at radius 2 is 2.26 bits per heavy atom. The van der Waals surface area contributed by atoms with E-state index in [-0.39, 0.29) is 5.54 Å². The zero-order valence-electron chi connectivity index (χ0n) is 12.2. The smallest absolute Gasteiger partial charge is 0.109 e. The number of nitrogens with zero attached hydrogens (tertiary/aromatic N) is 2. The molecule has 0 spiro atoms. The van der Waals surface area contributed by atoms with Crippen LogP contribution >= 0.6 is 0 Å². The van der Waals surface area contributed by atoms with Crippen molar-refractivity contribution in [1.29, 1.82) is 5.26 Å². The van der Waals surface area contributed by atoms with Gasteiger partial charge in [-0.25, -0.2) is 0 Å². The third kappa shape index (κ3) is 3.68. The van der Waals surface area contributed by atoms with Gasteiger partial charge in [0.15, 0.2) is 0 Å². The maximum Gasteiger partial charge on any atom is 0.109 e. The molecule has 1 saturated carbocycles. The molecule has 0 aromatic heterocycles. The molecule has 0 aromatic carbocycles. The van der Waals surface area contributed by atoms with Gasteiger partial charge in [-0.2, -0.15) is 5.26 Å². The topological polar surface area (TPSA) is 48.3 Å². The van der Waals surface area contributed by atoms with Gasteiger partial charge in [-0.15, -0.1) is 0 Å². The Morgan fingerprint density at radius 3 is 3.05 bits per heavy atom. The Labute approximate surface area is 117 Å². The third-order valence-corrected chi connectivity index (χ3v) is 4.62. The van der Waals surface area contributed by atoms with Crippen LogP contribution in [0.1, 0.15) is 39.0 Å². The highest BCUT2D eigenvalue weighted by Gasteiger charge is 2.42. The van der Waals surface area contributed by atoms with Gasteiger partial charge < -0.3 is 9.64 Å². The summed E-state index contributed by atoms with van der Waals surface area (Å²) in [4.78, 5) is 2.50. The Kier molecular flexibility index (Phi) is 5.62. The zero-order chi connectivity index (χ0) is 13.6. The van der Waals surface area contributed by atoms with Gasteiger partial charge >= 0.3 is 0 Å². The minimum Gasteiger partial charge on any atom is -0.380 e. The van der Waals surface area contributed by atoms with Crippen molar-refractivity contribution in [1.82, 2.24) is 10.2 Å². The first-order chi connectivity index (χ1) is 9.30. The highest BCUT2D eigenvalue weighted by atomic mass is 16.5.